The first-order chi connectivity index (χ1) is 10.5. The maximum Gasteiger partial charge on any atom is 0.416 e. The Morgan fingerprint density at radius 3 is 2.30 bits per heavy atom. The van der Waals surface area contributed by atoms with Crippen LogP contribution in [0.2, 0.25) is 0 Å². The molecule has 1 aromatic heterocycles. The first-order valence-electron chi connectivity index (χ1n) is 6.68. The van der Waals surface area contributed by atoms with Gasteiger partial charge in [-0.2, -0.15) is 13.2 Å². The number of anilines is 1. The van der Waals surface area contributed by atoms with Gasteiger partial charge in [0.1, 0.15) is 16.4 Å². The summed E-state index contributed by atoms with van der Waals surface area (Å²) < 4.78 is 42.7. The number of thiazole rings is 1. The Morgan fingerprint density at radius 1 is 1.17 bits per heavy atom. The smallest absolute Gasteiger partial charge is 0.416 e. The maximum atomic E-state index is 12.5. The van der Waals surface area contributed by atoms with E-state index in [9.17, 15) is 18.0 Å². The van der Waals surface area contributed by atoms with Crippen molar-refractivity contribution >= 4 is 23.2 Å². The standard InChI is InChI=1S/C15H15F3N2O2S/c1-14(2,3)22-13(21)20-11-8-23-12(19-11)9-4-6-10(7-5-9)15(16,17)18/h4-8H,1-3H3,(H,20,21). The van der Waals surface area contributed by atoms with Crippen molar-refractivity contribution in [2.24, 2.45) is 0 Å². The van der Waals surface area contributed by atoms with Gasteiger partial charge in [-0.3, -0.25) is 5.32 Å². The van der Waals surface area contributed by atoms with E-state index >= 15 is 0 Å². The maximum absolute atomic E-state index is 12.5. The zero-order valence-electron chi connectivity index (χ0n) is 12.7. The summed E-state index contributed by atoms with van der Waals surface area (Å²) >= 11 is 1.21. The molecule has 8 heteroatoms. The second-order valence-electron chi connectivity index (χ2n) is 5.74. The lowest BCUT2D eigenvalue weighted by atomic mass is 10.1. The van der Waals surface area contributed by atoms with Crippen LogP contribution in [0.5, 0.6) is 0 Å². The van der Waals surface area contributed by atoms with E-state index in [1.807, 2.05) is 0 Å². The number of nitrogens with one attached hydrogen (secondary N) is 1. The van der Waals surface area contributed by atoms with Gasteiger partial charge in [0.25, 0.3) is 0 Å². The van der Waals surface area contributed by atoms with Crippen LogP contribution in [0, 0.1) is 0 Å². The van der Waals surface area contributed by atoms with E-state index in [-0.39, 0.29) is 0 Å². The van der Waals surface area contributed by atoms with Crippen LogP contribution in [-0.2, 0) is 10.9 Å². The first kappa shape index (κ1) is 17.3. The molecule has 1 aromatic carbocycles. The van der Waals surface area contributed by atoms with Gasteiger partial charge in [-0.25, -0.2) is 9.78 Å². The van der Waals surface area contributed by atoms with E-state index in [4.69, 9.17) is 4.74 Å². The average Bonchev–Trinajstić information content (AvgIpc) is 2.84. The number of carbonyl (C=O) groups is 1. The number of halogens is 3. The number of carbonyl (C=O) groups excluding carboxylic acids is 1. The number of hydrogen-bond acceptors (Lipinski definition) is 4. The molecular weight excluding hydrogens is 329 g/mol. The van der Waals surface area contributed by atoms with E-state index in [1.165, 1.54) is 23.5 Å². The van der Waals surface area contributed by atoms with Gasteiger partial charge >= 0.3 is 12.3 Å². The molecule has 0 spiro atoms. The Labute approximate surface area is 135 Å². The Morgan fingerprint density at radius 2 is 1.78 bits per heavy atom. The zero-order valence-corrected chi connectivity index (χ0v) is 13.5. The molecule has 0 fully saturated rings. The van der Waals surface area contributed by atoms with Crippen LogP contribution in [0.4, 0.5) is 23.8 Å². The summed E-state index contributed by atoms with van der Waals surface area (Å²) in [6, 6.07) is 4.69. The van der Waals surface area contributed by atoms with Crippen LogP contribution in [-0.4, -0.2) is 16.7 Å². The average molecular weight is 344 g/mol. The number of hydrogen-bond donors (Lipinski definition) is 1. The van der Waals surface area contributed by atoms with Crippen LogP contribution in [0.25, 0.3) is 10.6 Å². The lowest BCUT2D eigenvalue weighted by Gasteiger charge is -2.19. The third-order valence-corrected chi connectivity index (χ3v) is 3.48. The Hall–Kier alpha value is -2.09. The summed E-state index contributed by atoms with van der Waals surface area (Å²) in [6.07, 6.45) is -5.01. The van der Waals surface area contributed by atoms with Crippen LogP contribution in [0.3, 0.4) is 0 Å². The summed E-state index contributed by atoms with van der Waals surface area (Å²) in [5, 5.41) is 4.58. The molecule has 0 radical (unpaired) electrons. The molecule has 1 amide bonds. The second-order valence-corrected chi connectivity index (χ2v) is 6.60. The number of alkyl halides is 3. The monoisotopic (exact) mass is 344 g/mol. The normalized spacial score (nSPS) is 12.1. The van der Waals surface area contributed by atoms with Crippen molar-refractivity contribution in [2.45, 2.75) is 32.5 Å². The van der Waals surface area contributed by atoms with E-state index in [0.29, 0.717) is 16.4 Å². The minimum atomic E-state index is -4.37. The molecule has 23 heavy (non-hydrogen) atoms. The minimum Gasteiger partial charge on any atom is -0.444 e. The fraction of sp³-hybridized carbons (Fsp3) is 0.333. The van der Waals surface area contributed by atoms with E-state index < -0.39 is 23.4 Å². The van der Waals surface area contributed by atoms with Gasteiger partial charge in [-0.1, -0.05) is 12.1 Å². The van der Waals surface area contributed by atoms with Gasteiger partial charge in [0.15, 0.2) is 0 Å². The number of amides is 1. The zero-order chi connectivity index (χ0) is 17.3. The van der Waals surface area contributed by atoms with Crippen molar-refractivity contribution in [3.8, 4) is 10.6 Å². The highest BCUT2D eigenvalue weighted by Gasteiger charge is 2.30. The summed E-state index contributed by atoms with van der Waals surface area (Å²) in [5.41, 5.74) is -0.804. The topological polar surface area (TPSA) is 51.2 Å². The molecule has 4 nitrogen and oxygen atoms in total. The van der Waals surface area contributed by atoms with E-state index in [2.05, 4.69) is 10.3 Å². The molecule has 0 aliphatic carbocycles. The predicted molar refractivity (Wildman–Crippen MR) is 82.4 cm³/mol. The molecule has 0 bridgehead atoms. The molecule has 0 saturated heterocycles. The van der Waals surface area contributed by atoms with Gasteiger partial charge in [0, 0.05) is 10.9 Å². The molecule has 2 rings (SSSR count). The van der Waals surface area contributed by atoms with Crippen LogP contribution < -0.4 is 5.32 Å². The third-order valence-electron chi connectivity index (χ3n) is 2.59. The molecule has 0 saturated carbocycles. The molecule has 0 unspecified atom stereocenters. The molecular formula is C15H15F3N2O2S. The largest absolute Gasteiger partial charge is 0.444 e. The van der Waals surface area contributed by atoms with Gasteiger partial charge in [-0.15, -0.1) is 11.3 Å². The SMILES string of the molecule is CC(C)(C)OC(=O)Nc1csc(-c2ccc(C(F)(F)F)cc2)n1. The summed E-state index contributed by atoms with van der Waals surface area (Å²) in [7, 11) is 0. The summed E-state index contributed by atoms with van der Waals surface area (Å²) in [6.45, 7) is 5.21. The van der Waals surface area contributed by atoms with Crippen molar-refractivity contribution in [2.75, 3.05) is 5.32 Å². The lowest BCUT2D eigenvalue weighted by Crippen LogP contribution is -2.27. The molecule has 0 aliphatic heterocycles. The van der Waals surface area contributed by atoms with Crippen LogP contribution in [0.1, 0.15) is 26.3 Å². The second kappa shape index (κ2) is 6.19. The number of nitrogens with zero attached hydrogens (tertiary/aromatic N) is 1. The summed E-state index contributed by atoms with van der Waals surface area (Å²) in [4.78, 5) is 15.8. The van der Waals surface area contributed by atoms with Gasteiger partial charge in [0.05, 0.1) is 5.56 Å². The van der Waals surface area contributed by atoms with Crippen molar-refractivity contribution in [1.29, 1.82) is 0 Å². The summed E-state index contributed by atoms with van der Waals surface area (Å²) in [5.74, 6) is 0.291. The van der Waals surface area contributed by atoms with Crippen molar-refractivity contribution in [1.82, 2.24) is 4.98 Å². The van der Waals surface area contributed by atoms with Crippen molar-refractivity contribution in [3.63, 3.8) is 0 Å². The van der Waals surface area contributed by atoms with E-state index in [1.54, 1.807) is 26.2 Å². The number of rotatable bonds is 2. The van der Waals surface area contributed by atoms with E-state index in [0.717, 1.165) is 12.1 Å². The van der Waals surface area contributed by atoms with Crippen LogP contribution in [0.15, 0.2) is 29.6 Å². The van der Waals surface area contributed by atoms with Crippen molar-refractivity contribution < 1.29 is 22.7 Å². The molecule has 2 aromatic rings. The highest BCUT2D eigenvalue weighted by Crippen LogP contribution is 2.32. The number of ether oxygens (including phenoxy) is 1. The molecule has 1 heterocycles. The Kier molecular flexibility index (Phi) is 4.65. The van der Waals surface area contributed by atoms with Gasteiger partial charge < -0.3 is 4.74 Å². The Bertz CT molecular complexity index is 688. The lowest BCUT2D eigenvalue weighted by molar-refractivity contribution is -0.137. The van der Waals surface area contributed by atoms with Gasteiger partial charge in [0.2, 0.25) is 0 Å². The quantitative estimate of drug-likeness (QED) is 0.817. The number of aromatic nitrogens is 1. The number of benzene rings is 1. The third kappa shape index (κ3) is 4.95. The first-order valence-corrected chi connectivity index (χ1v) is 7.56. The molecule has 124 valence electrons. The van der Waals surface area contributed by atoms with Gasteiger partial charge in [-0.05, 0) is 32.9 Å². The highest BCUT2D eigenvalue weighted by atomic mass is 32.1. The Balaban J connectivity index is 2.09. The highest BCUT2D eigenvalue weighted by molar-refractivity contribution is 7.13. The molecule has 0 atom stereocenters. The van der Waals surface area contributed by atoms with Crippen LogP contribution >= 0.6 is 11.3 Å². The fourth-order valence-corrected chi connectivity index (χ4v) is 2.43. The minimum absolute atomic E-state index is 0.291. The predicted octanol–water partition coefficient (Wildman–Crippen LogP) is 5.18. The van der Waals surface area contributed by atoms with Crippen molar-refractivity contribution in [3.05, 3.63) is 35.2 Å². The molecule has 1 N–H and O–H groups in total. The molecule has 0 aliphatic rings. The fourth-order valence-electron chi connectivity index (χ4n) is 1.67.